The molecule has 1 aliphatic heterocycles. The molecule has 2 nitrogen and oxygen atoms in total. The lowest BCUT2D eigenvalue weighted by atomic mass is 10.2. The average Bonchev–Trinajstić information content (AvgIpc) is 2.89. The Kier molecular flexibility index (Phi) is 3.73. The SMILES string of the molecule is Clc1cc2cnccc2cc1SCC1CCCN1. The second-order valence-electron chi connectivity index (χ2n) is 4.61. The van der Waals surface area contributed by atoms with Crippen LogP contribution in [0.5, 0.6) is 0 Å². The van der Waals surface area contributed by atoms with Crippen LogP contribution in [0.1, 0.15) is 12.8 Å². The van der Waals surface area contributed by atoms with Gasteiger partial charge in [0.2, 0.25) is 0 Å². The first-order valence-corrected chi connectivity index (χ1v) is 7.59. The van der Waals surface area contributed by atoms with E-state index in [-0.39, 0.29) is 0 Å². The minimum atomic E-state index is 0.638. The van der Waals surface area contributed by atoms with Crippen molar-refractivity contribution in [2.45, 2.75) is 23.8 Å². The second kappa shape index (κ2) is 5.47. The van der Waals surface area contributed by atoms with Crippen molar-refractivity contribution in [3.63, 3.8) is 0 Å². The van der Waals surface area contributed by atoms with E-state index < -0.39 is 0 Å². The smallest absolute Gasteiger partial charge is 0.0548 e. The minimum Gasteiger partial charge on any atom is -0.313 e. The summed E-state index contributed by atoms with van der Waals surface area (Å²) in [5.74, 6) is 1.09. The van der Waals surface area contributed by atoms with E-state index in [0.29, 0.717) is 6.04 Å². The molecule has 1 saturated heterocycles. The summed E-state index contributed by atoms with van der Waals surface area (Å²) in [5, 5.41) is 6.65. The average molecular weight is 279 g/mol. The third-order valence-corrected chi connectivity index (χ3v) is 4.94. The lowest BCUT2D eigenvalue weighted by molar-refractivity contribution is 0.674. The summed E-state index contributed by atoms with van der Waals surface area (Å²) in [6.07, 6.45) is 6.25. The molecule has 3 rings (SSSR count). The number of hydrogen-bond donors (Lipinski definition) is 1. The fourth-order valence-electron chi connectivity index (χ4n) is 2.29. The van der Waals surface area contributed by atoms with Crippen LogP contribution in [0.4, 0.5) is 0 Å². The Morgan fingerprint density at radius 3 is 3.17 bits per heavy atom. The Morgan fingerprint density at radius 1 is 1.39 bits per heavy atom. The summed E-state index contributed by atoms with van der Waals surface area (Å²) < 4.78 is 0. The van der Waals surface area contributed by atoms with Crippen molar-refractivity contribution in [1.29, 1.82) is 0 Å². The first-order valence-electron chi connectivity index (χ1n) is 6.22. The van der Waals surface area contributed by atoms with Crippen molar-refractivity contribution >= 4 is 34.1 Å². The van der Waals surface area contributed by atoms with E-state index in [4.69, 9.17) is 11.6 Å². The third kappa shape index (κ3) is 2.63. The molecule has 1 aliphatic rings. The summed E-state index contributed by atoms with van der Waals surface area (Å²) in [6, 6.07) is 6.84. The fraction of sp³-hybridized carbons (Fsp3) is 0.357. The predicted octanol–water partition coefficient (Wildman–Crippen LogP) is 3.73. The van der Waals surface area contributed by atoms with Gasteiger partial charge in [-0.1, -0.05) is 11.6 Å². The number of benzene rings is 1. The standard InChI is InChI=1S/C14H15ClN2S/c15-13-6-11-8-16-5-3-10(11)7-14(13)18-9-12-2-1-4-17-12/h3,5-8,12,17H,1-2,4,9H2. The maximum absolute atomic E-state index is 6.32. The number of nitrogens with zero attached hydrogens (tertiary/aromatic N) is 1. The van der Waals surface area contributed by atoms with Gasteiger partial charge in [-0.25, -0.2) is 0 Å². The first kappa shape index (κ1) is 12.3. The molecule has 0 saturated carbocycles. The maximum atomic E-state index is 6.32. The second-order valence-corrected chi connectivity index (χ2v) is 6.08. The van der Waals surface area contributed by atoms with Gasteiger partial charge in [-0.3, -0.25) is 4.98 Å². The molecule has 18 heavy (non-hydrogen) atoms. The molecule has 0 aliphatic carbocycles. The Balaban J connectivity index is 1.80. The van der Waals surface area contributed by atoms with Crippen LogP contribution >= 0.6 is 23.4 Å². The van der Waals surface area contributed by atoms with Crippen LogP contribution in [0.2, 0.25) is 5.02 Å². The van der Waals surface area contributed by atoms with Gasteiger partial charge in [-0.15, -0.1) is 11.8 Å². The number of hydrogen-bond acceptors (Lipinski definition) is 3. The molecule has 1 atom stereocenters. The Morgan fingerprint density at radius 2 is 2.33 bits per heavy atom. The van der Waals surface area contributed by atoms with Gasteiger partial charge in [0.05, 0.1) is 5.02 Å². The maximum Gasteiger partial charge on any atom is 0.0548 e. The van der Waals surface area contributed by atoms with Crippen LogP contribution in [0, 0.1) is 0 Å². The number of thioether (sulfide) groups is 1. The van der Waals surface area contributed by atoms with E-state index in [9.17, 15) is 0 Å². The van der Waals surface area contributed by atoms with Crippen molar-refractivity contribution in [3.8, 4) is 0 Å². The fourth-order valence-corrected chi connectivity index (χ4v) is 3.70. The number of pyridine rings is 1. The van der Waals surface area contributed by atoms with Gasteiger partial charge < -0.3 is 5.32 Å². The van der Waals surface area contributed by atoms with Gasteiger partial charge in [-0.05, 0) is 43.0 Å². The van der Waals surface area contributed by atoms with Crippen molar-refractivity contribution in [3.05, 3.63) is 35.6 Å². The minimum absolute atomic E-state index is 0.638. The number of rotatable bonds is 3. The summed E-state index contributed by atoms with van der Waals surface area (Å²) in [6.45, 7) is 1.16. The van der Waals surface area contributed by atoms with E-state index in [1.807, 2.05) is 36.3 Å². The third-order valence-electron chi connectivity index (χ3n) is 3.29. The van der Waals surface area contributed by atoms with Gasteiger partial charge in [0, 0.05) is 34.5 Å². The van der Waals surface area contributed by atoms with E-state index in [1.165, 1.54) is 23.1 Å². The summed E-state index contributed by atoms with van der Waals surface area (Å²) in [4.78, 5) is 5.29. The van der Waals surface area contributed by atoms with Crippen molar-refractivity contribution in [2.24, 2.45) is 0 Å². The molecular weight excluding hydrogens is 264 g/mol. The molecule has 0 amide bonds. The predicted molar refractivity (Wildman–Crippen MR) is 78.5 cm³/mol. The van der Waals surface area contributed by atoms with Crippen LogP contribution in [-0.4, -0.2) is 23.3 Å². The van der Waals surface area contributed by atoms with E-state index in [0.717, 1.165) is 22.7 Å². The number of aromatic nitrogens is 1. The Labute approximate surface area is 116 Å². The normalized spacial score (nSPS) is 19.5. The topological polar surface area (TPSA) is 24.9 Å². The highest BCUT2D eigenvalue weighted by molar-refractivity contribution is 7.99. The van der Waals surface area contributed by atoms with E-state index in [1.54, 1.807) is 0 Å². The highest BCUT2D eigenvalue weighted by atomic mass is 35.5. The number of halogens is 1. The summed E-state index contributed by atoms with van der Waals surface area (Å²) >= 11 is 8.16. The molecule has 2 heterocycles. The molecule has 0 radical (unpaired) electrons. The van der Waals surface area contributed by atoms with Gasteiger partial charge in [0.25, 0.3) is 0 Å². The van der Waals surface area contributed by atoms with Crippen molar-refractivity contribution < 1.29 is 0 Å². The lowest BCUT2D eigenvalue weighted by Crippen LogP contribution is -2.23. The Hall–Kier alpha value is -0.770. The van der Waals surface area contributed by atoms with E-state index >= 15 is 0 Å². The molecule has 1 fully saturated rings. The molecular formula is C14H15ClN2S. The molecule has 2 aromatic rings. The van der Waals surface area contributed by atoms with Crippen molar-refractivity contribution in [1.82, 2.24) is 10.3 Å². The lowest BCUT2D eigenvalue weighted by Gasteiger charge is -2.11. The zero-order valence-corrected chi connectivity index (χ0v) is 11.6. The highest BCUT2D eigenvalue weighted by Gasteiger charge is 2.14. The molecule has 1 N–H and O–H groups in total. The summed E-state index contributed by atoms with van der Waals surface area (Å²) in [7, 11) is 0. The van der Waals surface area contributed by atoms with Gasteiger partial charge in [0.15, 0.2) is 0 Å². The molecule has 0 bridgehead atoms. The monoisotopic (exact) mass is 278 g/mol. The number of nitrogens with one attached hydrogen (secondary N) is 1. The van der Waals surface area contributed by atoms with Crippen LogP contribution in [0.3, 0.4) is 0 Å². The largest absolute Gasteiger partial charge is 0.313 e. The van der Waals surface area contributed by atoms with Crippen LogP contribution in [-0.2, 0) is 0 Å². The van der Waals surface area contributed by atoms with Crippen LogP contribution in [0.25, 0.3) is 10.8 Å². The number of fused-ring (bicyclic) bond motifs is 1. The molecule has 1 unspecified atom stereocenters. The van der Waals surface area contributed by atoms with Crippen LogP contribution < -0.4 is 5.32 Å². The molecule has 1 aromatic heterocycles. The molecule has 4 heteroatoms. The summed E-state index contributed by atoms with van der Waals surface area (Å²) in [5.41, 5.74) is 0. The zero-order chi connectivity index (χ0) is 12.4. The Bertz CT molecular complexity index is 552. The van der Waals surface area contributed by atoms with Gasteiger partial charge in [-0.2, -0.15) is 0 Å². The van der Waals surface area contributed by atoms with Crippen molar-refractivity contribution in [2.75, 3.05) is 12.3 Å². The van der Waals surface area contributed by atoms with Crippen LogP contribution in [0.15, 0.2) is 35.5 Å². The first-order chi connectivity index (χ1) is 8.83. The zero-order valence-electron chi connectivity index (χ0n) is 10.0. The van der Waals surface area contributed by atoms with E-state index in [2.05, 4.69) is 16.4 Å². The molecule has 0 spiro atoms. The molecule has 94 valence electrons. The quantitative estimate of drug-likeness (QED) is 0.866. The van der Waals surface area contributed by atoms with Gasteiger partial charge >= 0.3 is 0 Å². The highest BCUT2D eigenvalue weighted by Crippen LogP contribution is 2.32. The molecule has 1 aromatic carbocycles. The van der Waals surface area contributed by atoms with Gasteiger partial charge in [0.1, 0.15) is 0 Å².